The molecule has 3 rings (SSSR count). The number of nitrogens with two attached hydrogens (primary N) is 1. The van der Waals surface area contributed by atoms with Gasteiger partial charge >= 0.3 is 12.0 Å². The summed E-state index contributed by atoms with van der Waals surface area (Å²) in [5, 5.41) is 15.2. The van der Waals surface area contributed by atoms with Crippen LogP contribution >= 0.6 is 11.6 Å². The molecule has 8 nitrogen and oxygen atoms in total. The fourth-order valence-corrected chi connectivity index (χ4v) is 3.79. The summed E-state index contributed by atoms with van der Waals surface area (Å²) < 4.78 is 1.47. The Kier molecular flexibility index (Phi) is 8.45. The quantitative estimate of drug-likeness (QED) is 0.368. The van der Waals surface area contributed by atoms with Gasteiger partial charge in [-0.3, -0.25) is 9.59 Å². The van der Waals surface area contributed by atoms with Crippen LogP contribution in [0.3, 0.4) is 0 Å². The number of amides is 2. The van der Waals surface area contributed by atoms with E-state index in [1.165, 1.54) is 4.57 Å². The first kappa shape index (κ1) is 25.0. The van der Waals surface area contributed by atoms with Gasteiger partial charge in [0.05, 0.1) is 19.0 Å². The van der Waals surface area contributed by atoms with E-state index < -0.39 is 18.0 Å². The van der Waals surface area contributed by atoms with E-state index in [4.69, 9.17) is 17.3 Å². The Morgan fingerprint density at radius 2 is 1.79 bits per heavy atom. The van der Waals surface area contributed by atoms with Crippen LogP contribution < -0.4 is 21.9 Å². The molecule has 1 aromatic heterocycles. The van der Waals surface area contributed by atoms with Crippen LogP contribution in [0.15, 0.2) is 65.6 Å². The molecule has 0 bridgehead atoms. The third kappa shape index (κ3) is 6.24. The number of carbonyl (C=O) groups is 2. The molecule has 34 heavy (non-hydrogen) atoms. The first-order valence-corrected chi connectivity index (χ1v) is 11.2. The Balaban J connectivity index is 1.84. The topological polar surface area (TPSA) is 126 Å². The predicted molar refractivity (Wildman–Crippen MR) is 132 cm³/mol. The van der Waals surface area contributed by atoms with Gasteiger partial charge in [0.1, 0.15) is 5.69 Å². The number of halogens is 1. The standard InChI is InChI=1S/C25H27ClN4O4/c1-2-17-11-12-30(15-19-5-3-4-6-20(19)26)24(33)23(17)29-25(34)28-21(13-22(31)32)18-9-7-16(14-27)8-10-18/h3-12,21H,2,13-15,27H2,1H3,(H,31,32)(H2,28,29,34). The lowest BCUT2D eigenvalue weighted by Gasteiger charge is -2.19. The molecule has 0 aliphatic heterocycles. The van der Waals surface area contributed by atoms with Gasteiger partial charge in [-0.15, -0.1) is 0 Å². The molecule has 0 spiro atoms. The molecule has 5 N–H and O–H groups in total. The van der Waals surface area contributed by atoms with Crippen molar-refractivity contribution in [3.63, 3.8) is 0 Å². The van der Waals surface area contributed by atoms with Crippen molar-refractivity contribution < 1.29 is 14.7 Å². The molecule has 1 unspecified atom stereocenters. The van der Waals surface area contributed by atoms with Crippen molar-refractivity contribution in [1.29, 1.82) is 0 Å². The molecule has 9 heteroatoms. The zero-order valence-corrected chi connectivity index (χ0v) is 19.5. The molecule has 2 aromatic carbocycles. The molecule has 0 saturated carbocycles. The Morgan fingerprint density at radius 3 is 2.41 bits per heavy atom. The second kappa shape index (κ2) is 11.5. The minimum absolute atomic E-state index is 0.141. The zero-order chi connectivity index (χ0) is 24.7. The van der Waals surface area contributed by atoms with Crippen molar-refractivity contribution in [2.24, 2.45) is 5.73 Å². The molecular weight excluding hydrogens is 456 g/mol. The van der Waals surface area contributed by atoms with Crippen molar-refractivity contribution in [3.8, 4) is 0 Å². The van der Waals surface area contributed by atoms with Crippen LogP contribution in [0.2, 0.25) is 5.02 Å². The van der Waals surface area contributed by atoms with Crippen LogP contribution in [0.5, 0.6) is 0 Å². The van der Waals surface area contributed by atoms with E-state index in [1.807, 2.05) is 25.1 Å². The van der Waals surface area contributed by atoms with Gasteiger partial charge in [0, 0.05) is 17.8 Å². The van der Waals surface area contributed by atoms with Gasteiger partial charge in [-0.05, 0) is 40.8 Å². The summed E-state index contributed by atoms with van der Waals surface area (Å²) in [5.41, 5.74) is 8.33. The fourth-order valence-electron chi connectivity index (χ4n) is 3.60. The second-order valence-electron chi connectivity index (χ2n) is 7.79. The summed E-state index contributed by atoms with van der Waals surface area (Å²) >= 11 is 6.24. The number of hydrogen-bond donors (Lipinski definition) is 4. The average molecular weight is 483 g/mol. The second-order valence-corrected chi connectivity index (χ2v) is 8.20. The van der Waals surface area contributed by atoms with E-state index in [1.54, 1.807) is 42.6 Å². The summed E-state index contributed by atoms with van der Waals surface area (Å²) in [4.78, 5) is 37.4. The number of aliphatic carboxylic acids is 1. The van der Waals surface area contributed by atoms with Crippen LogP contribution in [-0.2, 0) is 24.3 Å². The van der Waals surface area contributed by atoms with Crippen molar-refractivity contribution >= 4 is 29.3 Å². The average Bonchev–Trinajstić information content (AvgIpc) is 2.82. The molecule has 178 valence electrons. The van der Waals surface area contributed by atoms with Gasteiger partial charge in [-0.2, -0.15) is 0 Å². The van der Waals surface area contributed by atoms with E-state index >= 15 is 0 Å². The molecule has 2 amide bonds. The van der Waals surface area contributed by atoms with E-state index in [0.29, 0.717) is 29.1 Å². The van der Waals surface area contributed by atoms with Gasteiger partial charge in [0.15, 0.2) is 0 Å². The van der Waals surface area contributed by atoms with Crippen LogP contribution in [0.1, 0.15) is 41.6 Å². The number of urea groups is 1. The number of carboxylic acid groups (broad SMARTS) is 1. The number of benzene rings is 2. The van der Waals surface area contributed by atoms with Crippen molar-refractivity contribution in [3.05, 3.63) is 98.4 Å². The lowest BCUT2D eigenvalue weighted by Crippen LogP contribution is -2.36. The molecular formula is C25H27ClN4O4. The summed E-state index contributed by atoms with van der Waals surface area (Å²) in [6.45, 7) is 2.47. The molecule has 0 radical (unpaired) electrons. The Hall–Kier alpha value is -3.62. The van der Waals surface area contributed by atoms with Crippen molar-refractivity contribution in [2.75, 3.05) is 5.32 Å². The number of aromatic nitrogens is 1. The van der Waals surface area contributed by atoms with Crippen molar-refractivity contribution in [2.45, 2.75) is 38.9 Å². The molecule has 0 aliphatic rings. The number of pyridine rings is 1. The molecule has 0 saturated heterocycles. The maximum atomic E-state index is 13.2. The van der Waals surface area contributed by atoms with Crippen LogP contribution in [0, 0.1) is 0 Å². The fraction of sp³-hybridized carbons (Fsp3) is 0.240. The van der Waals surface area contributed by atoms with Gasteiger partial charge in [-0.25, -0.2) is 4.79 Å². The molecule has 0 fully saturated rings. The Morgan fingerprint density at radius 1 is 1.09 bits per heavy atom. The smallest absolute Gasteiger partial charge is 0.319 e. The largest absolute Gasteiger partial charge is 0.481 e. The lowest BCUT2D eigenvalue weighted by molar-refractivity contribution is -0.137. The Labute approximate surface area is 202 Å². The molecule has 0 aliphatic carbocycles. The lowest BCUT2D eigenvalue weighted by atomic mass is 10.0. The number of anilines is 1. The SMILES string of the molecule is CCc1ccn(Cc2ccccc2Cl)c(=O)c1NC(=O)NC(CC(=O)O)c1ccc(CN)cc1. The minimum atomic E-state index is -1.07. The van der Waals surface area contributed by atoms with Crippen molar-refractivity contribution in [1.82, 2.24) is 9.88 Å². The summed E-state index contributed by atoms with van der Waals surface area (Å²) in [5.74, 6) is -1.07. The normalized spacial score (nSPS) is 11.6. The molecule has 1 atom stereocenters. The highest BCUT2D eigenvalue weighted by Gasteiger charge is 2.20. The van der Waals surface area contributed by atoms with Crippen LogP contribution in [0.25, 0.3) is 0 Å². The number of aryl methyl sites for hydroxylation is 1. The number of carbonyl (C=O) groups excluding carboxylic acids is 1. The van der Waals surface area contributed by atoms with Gasteiger partial charge in [-0.1, -0.05) is 61.0 Å². The van der Waals surface area contributed by atoms with E-state index in [-0.39, 0.29) is 24.2 Å². The van der Waals surface area contributed by atoms with Gasteiger partial charge < -0.3 is 26.0 Å². The highest BCUT2D eigenvalue weighted by molar-refractivity contribution is 6.31. The minimum Gasteiger partial charge on any atom is -0.481 e. The number of nitrogens with one attached hydrogen (secondary N) is 2. The number of nitrogens with zero attached hydrogens (tertiary/aromatic N) is 1. The summed E-state index contributed by atoms with van der Waals surface area (Å²) in [6.07, 6.45) is 1.87. The van der Waals surface area contributed by atoms with E-state index in [2.05, 4.69) is 10.6 Å². The summed E-state index contributed by atoms with van der Waals surface area (Å²) in [6, 6.07) is 14.6. The van der Waals surface area contributed by atoms with E-state index in [9.17, 15) is 19.5 Å². The molecule has 3 aromatic rings. The first-order chi connectivity index (χ1) is 16.3. The van der Waals surface area contributed by atoms with Crippen LogP contribution in [0.4, 0.5) is 10.5 Å². The highest BCUT2D eigenvalue weighted by atomic mass is 35.5. The third-order valence-corrected chi connectivity index (χ3v) is 5.84. The van der Waals surface area contributed by atoms with Gasteiger partial charge in [0.25, 0.3) is 5.56 Å². The summed E-state index contributed by atoms with van der Waals surface area (Å²) in [7, 11) is 0. The predicted octanol–water partition coefficient (Wildman–Crippen LogP) is 3.91. The van der Waals surface area contributed by atoms with E-state index in [0.717, 1.165) is 11.1 Å². The Bertz CT molecular complexity index is 1220. The maximum Gasteiger partial charge on any atom is 0.319 e. The monoisotopic (exact) mass is 482 g/mol. The molecule has 1 heterocycles. The number of hydrogen-bond acceptors (Lipinski definition) is 4. The highest BCUT2D eigenvalue weighted by Crippen LogP contribution is 2.20. The maximum absolute atomic E-state index is 13.2. The first-order valence-electron chi connectivity index (χ1n) is 10.9. The zero-order valence-electron chi connectivity index (χ0n) is 18.8. The van der Waals surface area contributed by atoms with Gasteiger partial charge in [0.2, 0.25) is 0 Å². The number of rotatable bonds is 9. The number of carboxylic acids is 1. The third-order valence-electron chi connectivity index (χ3n) is 5.47. The van der Waals surface area contributed by atoms with Crippen LogP contribution in [-0.4, -0.2) is 21.7 Å².